The van der Waals surface area contributed by atoms with E-state index in [1.807, 2.05) is 0 Å². The highest BCUT2D eigenvalue weighted by Gasteiger charge is 2.18. The molecule has 1 aliphatic rings. The molecular formula is C13H20N2O3S. The van der Waals surface area contributed by atoms with Crippen LogP contribution in [0.15, 0.2) is 29.2 Å². The Hall–Kier alpha value is -1.11. The fourth-order valence-electron chi connectivity index (χ4n) is 2.45. The molecule has 19 heavy (non-hydrogen) atoms. The van der Waals surface area contributed by atoms with E-state index in [1.165, 1.54) is 31.4 Å². The van der Waals surface area contributed by atoms with Crippen LogP contribution in [0.2, 0.25) is 0 Å². The van der Waals surface area contributed by atoms with Gasteiger partial charge in [0.2, 0.25) is 0 Å². The van der Waals surface area contributed by atoms with Crippen molar-refractivity contribution in [1.82, 2.24) is 5.01 Å². The summed E-state index contributed by atoms with van der Waals surface area (Å²) in [5.41, 5.74) is 0.955. The van der Waals surface area contributed by atoms with Crippen molar-refractivity contribution in [3.8, 4) is 0 Å². The molecule has 6 heteroatoms. The molecule has 106 valence electrons. The monoisotopic (exact) mass is 284 g/mol. The van der Waals surface area contributed by atoms with Crippen LogP contribution >= 0.6 is 0 Å². The second-order valence-corrected chi connectivity index (χ2v) is 6.12. The van der Waals surface area contributed by atoms with Gasteiger partial charge in [-0.25, -0.2) is 5.01 Å². The summed E-state index contributed by atoms with van der Waals surface area (Å²) in [5.74, 6) is 0. The molecule has 5 nitrogen and oxygen atoms in total. The van der Waals surface area contributed by atoms with Crippen molar-refractivity contribution in [3.63, 3.8) is 0 Å². The zero-order valence-corrected chi connectivity index (χ0v) is 11.9. The molecule has 0 aliphatic carbocycles. The first-order chi connectivity index (χ1) is 9.02. The lowest BCUT2D eigenvalue weighted by Crippen LogP contribution is -2.45. The van der Waals surface area contributed by atoms with Crippen molar-refractivity contribution in [2.24, 2.45) is 0 Å². The Bertz CT molecular complexity index is 507. The number of hydrogen-bond acceptors (Lipinski definition) is 4. The number of anilines is 1. The number of rotatable bonds is 4. The third-order valence-electron chi connectivity index (χ3n) is 3.41. The van der Waals surface area contributed by atoms with Gasteiger partial charge in [-0.1, -0.05) is 6.42 Å². The van der Waals surface area contributed by atoms with Crippen molar-refractivity contribution in [3.05, 3.63) is 24.3 Å². The smallest absolute Gasteiger partial charge is 0.294 e. The molecule has 0 spiro atoms. The second-order valence-electron chi connectivity index (χ2n) is 4.70. The van der Waals surface area contributed by atoms with Gasteiger partial charge in [0.25, 0.3) is 10.1 Å². The highest BCUT2D eigenvalue weighted by atomic mass is 32.2. The molecule has 1 saturated heterocycles. The zero-order chi connectivity index (χ0) is 13.9. The Morgan fingerprint density at radius 1 is 1.16 bits per heavy atom. The van der Waals surface area contributed by atoms with Crippen LogP contribution in [-0.2, 0) is 10.1 Å². The lowest BCUT2D eigenvalue weighted by Gasteiger charge is -2.38. The summed E-state index contributed by atoms with van der Waals surface area (Å²) in [6.45, 7) is 4.98. The Morgan fingerprint density at radius 3 is 2.21 bits per heavy atom. The van der Waals surface area contributed by atoms with E-state index in [0.717, 1.165) is 25.3 Å². The van der Waals surface area contributed by atoms with Crippen molar-refractivity contribution < 1.29 is 13.0 Å². The van der Waals surface area contributed by atoms with Crippen LogP contribution in [0, 0.1) is 0 Å². The van der Waals surface area contributed by atoms with Crippen LogP contribution in [0.5, 0.6) is 0 Å². The van der Waals surface area contributed by atoms with Crippen molar-refractivity contribution in [2.75, 3.05) is 24.6 Å². The summed E-state index contributed by atoms with van der Waals surface area (Å²) in [5, 5.41) is 4.46. The number of hydrazine groups is 1. The molecule has 0 unspecified atom stereocenters. The molecule has 0 saturated carbocycles. The van der Waals surface area contributed by atoms with Gasteiger partial charge in [0, 0.05) is 19.6 Å². The minimum Gasteiger partial charge on any atom is -0.306 e. The quantitative estimate of drug-likeness (QED) is 0.859. The van der Waals surface area contributed by atoms with Gasteiger partial charge in [-0.2, -0.15) is 8.42 Å². The maximum absolute atomic E-state index is 11.0. The molecule has 1 N–H and O–H groups in total. The molecule has 1 heterocycles. The zero-order valence-electron chi connectivity index (χ0n) is 11.1. The maximum Gasteiger partial charge on any atom is 0.294 e. The molecule has 1 aromatic carbocycles. The molecule has 0 aromatic heterocycles. The summed E-state index contributed by atoms with van der Waals surface area (Å²) >= 11 is 0. The fraction of sp³-hybridized carbons (Fsp3) is 0.538. The summed E-state index contributed by atoms with van der Waals surface area (Å²) in [6, 6.07) is 6.36. The van der Waals surface area contributed by atoms with Crippen molar-refractivity contribution >= 4 is 15.8 Å². The highest BCUT2D eigenvalue weighted by molar-refractivity contribution is 7.85. The van der Waals surface area contributed by atoms with E-state index in [0.29, 0.717) is 0 Å². The van der Waals surface area contributed by atoms with Gasteiger partial charge in [0.1, 0.15) is 0 Å². The Kier molecular flexibility index (Phi) is 4.44. The summed E-state index contributed by atoms with van der Waals surface area (Å²) in [6.07, 6.45) is 3.66. The SMILES string of the molecule is CCN(c1ccc(S(=O)(=O)O)cc1)N1CCCCC1. The van der Waals surface area contributed by atoms with Crippen LogP contribution in [0.4, 0.5) is 5.69 Å². The minimum atomic E-state index is -4.11. The molecule has 0 radical (unpaired) electrons. The average Bonchev–Trinajstić information content (AvgIpc) is 2.40. The highest BCUT2D eigenvalue weighted by Crippen LogP contribution is 2.21. The lowest BCUT2D eigenvalue weighted by molar-refractivity contribution is 0.210. The van der Waals surface area contributed by atoms with E-state index in [4.69, 9.17) is 4.55 Å². The van der Waals surface area contributed by atoms with Gasteiger partial charge >= 0.3 is 0 Å². The van der Waals surface area contributed by atoms with E-state index in [-0.39, 0.29) is 4.90 Å². The standard InChI is InChI=1S/C13H20N2O3S/c1-2-15(14-10-4-3-5-11-14)12-6-8-13(9-7-12)19(16,17)18/h6-9H,2-5,10-11H2,1H3,(H,16,17,18). The van der Waals surface area contributed by atoms with Gasteiger partial charge < -0.3 is 5.01 Å². The molecule has 0 amide bonds. The first kappa shape index (κ1) is 14.3. The van der Waals surface area contributed by atoms with Gasteiger partial charge in [0.05, 0.1) is 10.6 Å². The molecule has 1 aliphatic heterocycles. The first-order valence-corrected chi connectivity index (χ1v) is 8.06. The predicted octanol–water partition coefficient (Wildman–Crippen LogP) is 2.16. The largest absolute Gasteiger partial charge is 0.306 e. The van der Waals surface area contributed by atoms with Crippen molar-refractivity contribution in [1.29, 1.82) is 0 Å². The lowest BCUT2D eigenvalue weighted by atomic mass is 10.1. The van der Waals surface area contributed by atoms with Gasteiger partial charge in [-0.15, -0.1) is 0 Å². The Balaban J connectivity index is 2.19. The van der Waals surface area contributed by atoms with E-state index < -0.39 is 10.1 Å². The van der Waals surface area contributed by atoms with Gasteiger partial charge in [0.15, 0.2) is 0 Å². The second kappa shape index (κ2) is 5.90. The molecular weight excluding hydrogens is 264 g/mol. The Morgan fingerprint density at radius 2 is 1.74 bits per heavy atom. The minimum absolute atomic E-state index is 0.0639. The molecule has 0 bridgehead atoms. The van der Waals surface area contributed by atoms with Crippen LogP contribution in [0.3, 0.4) is 0 Å². The summed E-state index contributed by atoms with van der Waals surface area (Å²) in [7, 11) is -4.11. The maximum atomic E-state index is 11.0. The van der Waals surface area contributed by atoms with Gasteiger partial charge in [-0.05, 0) is 44.0 Å². The van der Waals surface area contributed by atoms with Crippen LogP contribution in [-0.4, -0.2) is 37.6 Å². The number of benzene rings is 1. The van der Waals surface area contributed by atoms with E-state index in [9.17, 15) is 8.42 Å². The fourth-order valence-corrected chi connectivity index (χ4v) is 2.93. The first-order valence-electron chi connectivity index (χ1n) is 6.62. The number of piperidine rings is 1. The topological polar surface area (TPSA) is 60.9 Å². The van der Waals surface area contributed by atoms with Crippen LogP contribution in [0.25, 0.3) is 0 Å². The molecule has 0 atom stereocenters. The summed E-state index contributed by atoms with van der Waals surface area (Å²) in [4.78, 5) is -0.0639. The van der Waals surface area contributed by atoms with Crippen molar-refractivity contribution in [2.45, 2.75) is 31.1 Å². The molecule has 2 rings (SSSR count). The van der Waals surface area contributed by atoms with Crippen LogP contribution < -0.4 is 5.01 Å². The van der Waals surface area contributed by atoms with Crippen LogP contribution in [0.1, 0.15) is 26.2 Å². The Labute approximate surface area is 114 Å². The van der Waals surface area contributed by atoms with E-state index >= 15 is 0 Å². The van der Waals surface area contributed by atoms with E-state index in [2.05, 4.69) is 16.9 Å². The molecule has 1 aromatic rings. The molecule has 1 fully saturated rings. The number of hydrogen-bond donors (Lipinski definition) is 1. The van der Waals surface area contributed by atoms with Gasteiger partial charge in [-0.3, -0.25) is 4.55 Å². The summed E-state index contributed by atoms with van der Waals surface area (Å²) < 4.78 is 31.0. The number of nitrogens with zero attached hydrogens (tertiary/aromatic N) is 2. The third kappa shape index (κ3) is 3.46. The van der Waals surface area contributed by atoms with E-state index in [1.54, 1.807) is 12.1 Å². The average molecular weight is 284 g/mol. The third-order valence-corrected chi connectivity index (χ3v) is 4.27. The normalized spacial score (nSPS) is 17.4. The predicted molar refractivity (Wildman–Crippen MR) is 74.7 cm³/mol.